The van der Waals surface area contributed by atoms with Crippen molar-refractivity contribution in [2.75, 3.05) is 25.0 Å². The summed E-state index contributed by atoms with van der Waals surface area (Å²) in [6.45, 7) is 1.67. The molecule has 2 atom stereocenters. The molecule has 0 saturated carbocycles. The van der Waals surface area contributed by atoms with Crippen molar-refractivity contribution >= 4 is 40.8 Å². The summed E-state index contributed by atoms with van der Waals surface area (Å²) in [7, 11) is 1.71. The van der Waals surface area contributed by atoms with Crippen LogP contribution in [0, 0.1) is 0 Å². The van der Waals surface area contributed by atoms with Crippen LogP contribution in [0.3, 0.4) is 0 Å². The van der Waals surface area contributed by atoms with E-state index in [2.05, 4.69) is 27.0 Å². The molecule has 0 aliphatic carbocycles. The Bertz CT molecular complexity index is 1510. The lowest BCUT2D eigenvalue weighted by molar-refractivity contribution is -0.124. The van der Waals surface area contributed by atoms with Crippen molar-refractivity contribution in [1.82, 2.24) is 19.8 Å². The van der Waals surface area contributed by atoms with Crippen molar-refractivity contribution < 1.29 is 9.59 Å². The second-order valence-corrected chi connectivity index (χ2v) is 10.9. The molecular formula is C30H25Cl2N5O2. The summed E-state index contributed by atoms with van der Waals surface area (Å²) < 4.78 is 0. The van der Waals surface area contributed by atoms with Gasteiger partial charge < -0.3 is 4.90 Å². The number of imide groups is 1. The zero-order chi connectivity index (χ0) is 27.1. The zero-order valence-corrected chi connectivity index (χ0v) is 22.7. The van der Waals surface area contributed by atoms with Gasteiger partial charge in [0.2, 0.25) is 0 Å². The van der Waals surface area contributed by atoms with Crippen LogP contribution in [-0.2, 0) is 11.3 Å². The van der Waals surface area contributed by atoms with E-state index in [-0.39, 0.29) is 11.8 Å². The number of anilines is 1. The van der Waals surface area contributed by atoms with E-state index >= 15 is 0 Å². The van der Waals surface area contributed by atoms with E-state index in [0.29, 0.717) is 35.4 Å². The third-order valence-corrected chi connectivity index (χ3v) is 8.13. The normalized spacial score (nSPS) is 21.4. The lowest BCUT2D eigenvalue weighted by atomic mass is 9.80. The number of carbonyl (C=O) groups excluding carboxylic acids is 2. The van der Waals surface area contributed by atoms with E-state index in [1.165, 1.54) is 11.2 Å². The summed E-state index contributed by atoms with van der Waals surface area (Å²) in [5, 5.41) is 0.715. The van der Waals surface area contributed by atoms with Gasteiger partial charge in [0.25, 0.3) is 5.91 Å². The highest BCUT2D eigenvalue weighted by Gasteiger charge is 2.64. The van der Waals surface area contributed by atoms with Crippen molar-refractivity contribution in [3.63, 3.8) is 0 Å². The Morgan fingerprint density at radius 3 is 2.23 bits per heavy atom. The molecule has 3 heterocycles. The number of hydrogen-bond acceptors (Lipinski definition) is 5. The number of rotatable bonds is 5. The summed E-state index contributed by atoms with van der Waals surface area (Å²) in [5.74, 6) is -0.544. The van der Waals surface area contributed by atoms with E-state index < -0.39 is 11.6 Å². The summed E-state index contributed by atoms with van der Waals surface area (Å²) >= 11 is 12.5. The van der Waals surface area contributed by atoms with E-state index in [0.717, 1.165) is 22.3 Å². The Balaban J connectivity index is 1.41. The molecule has 6 rings (SSSR count). The Morgan fingerprint density at radius 2 is 1.56 bits per heavy atom. The van der Waals surface area contributed by atoms with Crippen LogP contribution < -0.4 is 4.90 Å². The number of nitrogens with zero attached hydrogens (tertiary/aromatic N) is 5. The largest absolute Gasteiger partial charge is 0.332 e. The summed E-state index contributed by atoms with van der Waals surface area (Å²) in [5.41, 5.74) is 3.27. The number of halogens is 2. The van der Waals surface area contributed by atoms with Crippen molar-refractivity contribution in [2.45, 2.75) is 18.0 Å². The van der Waals surface area contributed by atoms with Crippen molar-refractivity contribution in [1.29, 1.82) is 0 Å². The van der Waals surface area contributed by atoms with Gasteiger partial charge in [0, 0.05) is 60.6 Å². The summed E-state index contributed by atoms with van der Waals surface area (Å²) in [6, 6.07) is 22.6. The maximum absolute atomic E-state index is 14.4. The minimum absolute atomic E-state index is 0.261. The SMILES string of the molecule is CN1C(=O)N(c2cc(Cl)cc(Cl)c2)C(=O)C12CN(Cc1ccccc1)CC2c1ccc(-c2cncnc2)cc1. The number of aromatic nitrogens is 2. The molecule has 7 nitrogen and oxygen atoms in total. The highest BCUT2D eigenvalue weighted by atomic mass is 35.5. The topological polar surface area (TPSA) is 69.6 Å². The maximum atomic E-state index is 14.4. The van der Waals surface area contributed by atoms with Gasteiger partial charge in [-0.05, 0) is 34.9 Å². The standard InChI is InChI=1S/C30H25Cl2N5O2/c1-35-29(39)37(26-12-24(31)11-25(32)13-26)28(38)30(35)18-36(16-20-5-3-2-4-6-20)17-27(30)22-9-7-21(8-10-22)23-14-33-19-34-15-23/h2-15,19,27H,16-18H2,1H3. The first-order valence-corrected chi connectivity index (χ1v) is 13.3. The second kappa shape index (κ2) is 10.1. The molecule has 9 heteroatoms. The predicted octanol–water partition coefficient (Wildman–Crippen LogP) is 5.89. The Kier molecular flexibility index (Phi) is 6.59. The molecular weight excluding hydrogens is 533 g/mol. The summed E-state index contributed by atoms with van der Waals surface area (Å²) in [6.07, 6.45) is 5.03. The van der Waals surface area contributed by atoms with Crippen LogP contribution in [-0.4, -0.2) is 57.4 Å². The van der Waals surface area contributed by atoms with Gasteiger partial charge in [-0.3, -0.25) is 9.69 Å². The maximum Gasteiger partial charge on any atom is 0.332 e. The molecule has 0 N–H and O–H groups in total. The fourth-order valence-corrected chi connectivity index (χ4v) is 6.34. The molecule has 2 aliphatic rings. The number of benzene rings is 3. The molecule has 2 unspecified atom stereocenters. The quantitative estimate of drug-likeness (QED) is 0.286. The molecule has 2 aliphatic heterocycles. The highest BCUT2D eigenvalue weighted by molar-refractivity contribution is 6.35. The van der Waals surface area contributed by atoms with Crippen molar-refractivity contribution in [3.8, 4) is 11.1 Å². The van der Waals surface area contributed by atoms with Gasteiger partial charge in [0.1, 0.15) is 11.9 Å². The van der Waals surface area contributed by atoms with Gasteiger partial charge in [0.05, 0.1) is 5.69 Å². The first-order chi connectivity index (χ1) is 18.9. The number of carbonyl (C=O) groups is 2. The second-order valence-electron chi connectivity index (χ2n) is 9.99. The number of hydrogen-bond donors (Lipinski definition) is 0. The minimum Gasteiger partial charge on any atom is -0.310 e. The molecule has 3 aromatic carbocycles. The summed E-state index contributed by atoms with van der Waals surface area (Å²) in [4.78, 5) is 41.4. The Morgan fingerprint density at radius 1 is 0.897 bits per heavy atom. The zero-order valence-electron chi connectivity index (χ0n) is 21.2. The third-order valence-electron chi connectivity index (χ3n) is 7.69. The first-order valence-electron chi connectivity index (χ1n) is 12.6. The van der Waals surface area contributed by atoms with Crippen molar-refractivity contribution in [2.24, 2.45) is 0 Å². The van der Waals surface area contributed by atoms with E-state index in [4.69, 9.17) is 23.2 Å². The molecule has 1 aromatic heterocycles. The molecule has 0 bridgehead atoms. The van der Waals surface area contributed by atoms with Gasteiger partial charge in [-0.25, -0.2) is 19.7 Å². The van der Waals surface area contributed by atoms with E-state index in [1.807, 2.05) is 42.5 Å². The van der Waals surface area contributed by atoms with E-state index in [9.17, 15) is 9.59 Å². The fraction of sp³-hybridized carbons (Fsp3) is 0.200. The lowest BCUT2D eigenvalue weighted by Gasteiger charge is -2.34. The molecule has 2 saturated heterocycles. The molecule has 39 heavy (non-hydrogen) atoms. The number of amides is 3. The van der Waals surface area contributed by atoms with Gasteiger partial charge >= 0.3 is 6.03 Å². The number of urea groups is 1. The van der Waals surface area contributed by atoms with Gasteiger partial charge in [-0.1, -0.05) is 77.8 Å². The van der Waals surface area contributed by atoms with Gasteiger partial charge in [-0.15, -0.1) is 0 Å². The van der Waals surface area contributed by atoms with Crippen LogP contribution in [0.25, 0.3) is 11.1 Å². The average Bonchev–Trinajstić information content (AvgIpc) is 3.41. The Labute approximate surface area is 236 Å². The van der Waals surface area contributed by atoms with Gasteiger partial charge in [-0.2, -0.15) is 0 Å². The predicted molar refractivity (Wildman–Crippen MR) is 152 cm³/mol. The lowest BCUT2D eigenvalue weighted by Crippen LogP contribution is -2.53. The smallest absolute Gasteiger partial charge is 0.310 e. The molecule has 4 aromatic rings. The molecule has 1 spiro atoms. The monoisotopic (exact) mass is 557 g/mol. The number of likely N-dealkylation sites (tertiary alicyclic amines) is 1. The highest BCUT2D eigenvalue weighted by Crippen LogP contribution is 2.47. The van der Waals surface area contributed by atoms with Crippen LogP contribution in [0.2, 0.25) is 10.0 Å². The van der Waals surface area contributed by atoms with Crippen LogP contribution >= 0.6 is 23.2 Å². The van der Waals surface area contributed by atoms with Crippen LogP contribution in [0.1, 0.15) is 17.0 Å². The van der Waals surface area contributed by atoms with Crippen molar-refractivity contribution in [3.05, 3.63) is 113 Å². The number of likely N-dealkylation sites (N-methyl/N-ethyl adjacent to an activating group) is 1. The first kappa shape index (κ1) is 25.5. The molecule has 196 valence electrons. The fourth-order valence-electron chi connectivity index (χ4n) is 5.82. The van der Waals surface area contributed by atoms with Gasteiger partial charge in [0.15, 0.2) is 0 Å². The Hall–Kier alpha value is -3.78. The molecule has 3 amide bonds. The van der Waals surface area contributed by atoms with Crippen LogP contribution in [0.15, 0.2) is 91.5 Å². The molecule has 0 radical (unpaired) electrons. The van der Waals surface area contributed by atoms with E-state index in [1.54, 1.807) is 42.5 Å². The third kappa shape index (κ3) is 4.46. The minimum atomic E-state index is -1.10. The molecule has 2 fully saturated rings. The van der Waals surface area contributed by atoms with Crippen LogP contribution in [0.4, 0.5) is 10.5 Å². The van der Waals surface area contributed by atoms with Crippen LogP contribution in [0.5, 0.6) is 0 Å². The average molecular weight is 558 g/mol.